The van der Waals surface area contributed by atoms with Crippen molar-refractivity contribution in [2.45, 2.75) is 0 Å². The zero-order valence-electron chi connectivity index (χ0n) is 19.2. The van der Waals surface area contributed by atoms with Crippen molar-refractivity contribution in [1.82, 2.24) is 9.78 Å². The lowest BCUT2D eigenvalue weighted by Crippen LogP contribution is -2.12. The van der Waals surface area contributed by atoms with Gasteiger partial charge in [-0.15, -0.1) is 0 Å². The third-order valence-corrected chi connectivity index (χ3v) is 4.67. The van der Waals surface area contributed by atoms with Gasteiger partial charge in [0.2, 0.25) is 0 Å². The molecule has 0 atom stereocenters. The molecule has 0 bridgehead atoms. The van der Waals surface area contributed by atoms with Crippen molar-refractivity contribution in [3.05, 3.63) is 48.0 Å². The average Bonchev–Trinajstić information content (AvgIpc) is 3.20. The Labute approximate surface area is 191 Å². The van der Waals surface area contributed by atoms with Gasteiger partial charge in [-0.2, -0.15) is 5.10 Å². The number of carbonyl (C=O) groups excluding carboxylic acids is 1. The molecule has 0 spiro atoms. The van der Waals surface area contributed by atoms with Gasteiger partial charge in [0, 0.05) is 45.0 Å². The summed E-state index contributed by atoms with van der Waals surface area (Å²) >= 11 is 0. The van der Waals surface area contributed by atoms with Crippen LogP contribution in [-0.2, 0) is 21.3 Å². The Morgan fingerprint density at radius 1 is 0.939 bits per heavy atom. The Hall–Kier alpha value is -3.76. The van der Waals surface area contributed by atoms with Crippen molar-refractivity contribution < 1.29 is 33.2 Å². The van der Waals surface area contributed by atoms with Gasteiger partial charge in [0.25, 0.3) is 0 Å². The molecule has 10 heteroatoms. The molecule has 0 saturated heterocycles. The van der Waals surface area contributed by atoms with Gasteiger partial charge in [-0.05, 0) is 24.3 Å². The molecule has 10 nitrogen and oxygen atoms in total. The predicted molar refractivity (Wildman–Crippen MR) is 121 cm³/mol. The number of hydrogen-bond donors (Lipinski definition) is 1. The molecule has 0 fully saturated rings. The summed E-state index contributed by atoms with van der Waals surface area (Å²) in [5, 5.41) is 7.80. The number of hydrogen-bond acceptors (Lipinski definition) is 9. The summed E-state index contributed by atoms with van der Waals surface area (Å²) < 4.78 is 33.0. The van der Waals surface area contributed by atoms with Crippen LogP contribution in [0.1, 0.15) is 10.4 Å². The summed E-state index contributed by atoms with van der Waals surface area (Å²) in [6.45, 7) is -0.0431. The van der Waals surface area contributed by atoms with E-state index in [1.165, 1.54) is 21.3 Å². The Kier molecular flexibility index (Phi) is 8.11. The van der Waals surface area contributed by atoms with Crippen molar-refractivity contribution >= 4 is 17.5 Å². The van der Waals surface area contributed by atoms with Gasteiger partial charge in [-0.1, -0.05) is 0 Å². The molecule has 1 N–H and O–H groups in total. The van der Waals surface area contributed by atoms with Gasteiger partial charge < -0.3 is 33.7 Å². The van der Waals surface area contributed by atoms with Gasteiger partial charge in [0.05, 0.1) is 25.6 Å². The number of methoxy groups -OCH3 is 4. The quantitative estimate of drug-likeness (QED) is 0.342. The number of aryl methyl sites for hydroxylation is 1. The molecule has 0 aliphatic heterocycles. The van der Waals surface area contributed by atoms with Crippen LogP contribution in [0.5, 0.6) is 17.2 Å². The van der Waals surface area contributed by atoms with E-state index in [4.69, 9.17) is 28.4 Å². The second-order valence-electron chi connectivity index (χ2n) is 6.83. The lowest BCUT2D eigenvalue weighted by molar-refractivity contribution is 0.0436. The number of benzene rings is 2. The standard InChI is InChI=1S/C23H27N3O7/c1-26-21(12-18(25-26)15-6-8-16(30-4)9-7-15)24-19-10-17(32-13-28-2)11-20(33-14-29-3)22(19)23(27)31-5/h6-12,24H,13-14H2,1-5H3. The number of nitrogens with zero attached hydrogens (tertiary/aromatic N) is 2. The van der Waals surface area contributed by atoms with Crippen LogP contribution < -0.4 is 19.5 Å². The lowest BCUT2D eigenvalue weighted by atomic mass is 10.1. The number of carbonyl (C=O) groups is 1. The molecule has 1 aromatic heterocycles. The van der Waals surface area contributed by atoms with Crippen molar-refractivity contribution in [1.29, 1.82) is 0 Å². The third kappa shape index (κ3) is 5.73. The molecule has 0 amide bonds. The van der Waals surface area contributed by atoms with Crippen LogP contribution in [0.4, 0.5) is 11.5 Å². The normalized spacial score (nSPS) is 10.6. The molecule has 0 saturated carbocycles. The molecule has 3 rings (SSSR count). The highest BCUT2D eigenvalue weighted by Crippen LogP contribution is 2.36. The van der Waals surface area contributed by atoms with Crippen LogP contribution in [0.2, 0.25) is 0 Å². The minimum Gasteiger partial charge on any atom is -0.497 e. The molecule has 0 aliphatic carbocycles. The Morgan fingerprint density at radius 2 is 1.64 bits per heavy atom. The van der Waals surface area contributed by atoms with E-state index in [1.54, 1.807) is 31.0 Å². The molecule has 2 aromatic carbocycles. The van der Waals surface area contributed by atoms with Gasteiger partial charge in [-0.25, -0.2) is 4.79 Å². The first kappa shape index (κ1) is 23.9. The van der Waals surface area contributed by atoms with E-state index in [0.717, 1.165) is 17.0 Å². The van der Waals surface area contributed by atoms with E-state index in [1.807, 2.05) is 30.3 Å². The molecular formula is C23H27N3O7. The third-order valence-electron chi connectivity index (χ3n) is 4.67. The zero-order chi connectivity index (χ0) is 23.8. The fourth-order valence-corrected chi connectivity index (χ4v) is 3.07. The summed E-state index contributed by atoms with van der Waals surface area (Å²) in [6, 6.07) is 12.7. The lowest BCUT2D eigenvalue weighted by Gasteiger charge is -2.17. The van der Waals surface area contributed by atoms with Crippen molar-refractivity contribution in [2.24, 2.45) is 7.05 Å². The summed E-state index contributed by atoms with van der Waals surface area (Å²) in [5.74, 6) is 1.47. The van der Waals surface area contributed by atoms with Gasteiger partial charge in [0.15, 0.2) is 13.6 Å². The number of anilines is 2. The molecule has 0 unspecified atom stereocenters. The van der Waals surface area contributed by atoms with E-state index in [0.29, 0.717) is 17.3 Å². The number of aromatic nitrogens is 2. The summed E-state index contributed by atoms with van der Waals surface area (Å²) in [7, 11) is 7.71. The molecule has 33 heavy (non-hydrogen) atoms. The molecule has 0 aliphatic rings. The number of nitrogens with one attached hydrogen (secondary N) is 1. The highest BCUT2D eigenvalue weighted by molar-refractivity contribution is 6.00. The highest BCUT2D eigenvalue weighted by atomic mass is 16.7. The van der Waals surface area contributed by atoms with Crippen molar-refractivity contribution in [3.8, 4) is 28.5 Å². The van der Waals surface area contributed by atoms with E-state index in [2.05, 4.69) is 10.4 Å². The fraction of sp³-hybridized carbons (Fsp3) is 0.304. The van der Waals surface area contributed by atoms with Crippen molar-refractivity contribution in [2.75, 3.05) is 47.3 Å². The SMILES string of the molecule is COCOc1cc(Nc2cc(-c3ccc(OC)cc3)nn2C)c(C(=O)OC)c(OCOC)c1. The summed E-state index contributed by atoms with van der Waals surface area (Å²) in [5.41, 5.74) is 2.25. The first-order chi connectivity index (χ1) is 16.0. The molecule has 176 valence electrons. The minimum absolute atomic E-state index is 0.0219. The first-order valence-electron chi connectivity index (χ1n) is 9.96. The van der Waals surface area contributed by atoms with E-state index in [9.17, 15) is 4.79 Å². The van der Waals surface area contributed by atoms with E-state index >= 15 is 0 Å². The maximum Gasteiger partial charge on any atom is 0.343 e. The zero-order valence-corrected chi connectivity index (χ0v) is 19.2. The number of ether oxygens (including phenoxy) is 6. The smallest absolute Gasteiger partial charge is 0.343 e. The van der Waals surface area contributed by atoms with Gasteiger partial charge in [-0.3, -0.25) is 4.68 Å². The fourth-order valence-electron chi connectivity index (χ4n) is 3.07. The Bertz CT molecular complexity index is 1080. The largest absolute Gasteiger partial charge is 0.497 e. The number of esters is 1. The van der Waals surface area contributed by atoms with Crippen LogP contribution >= 0.6 is 0 Å². The van der Waals surface area contributed by atoms with Gasteiger partial charge in [0.1, 0.15) is 28.6 Å². The molecule has 3 aromatic rings. The molecule has 1 heterocycles. The second-order valence-corrected chi connectivity index (χ2v) is 6.83. The summed E-state index contributed by atoms with van der Waals surface area (Å²) in [4.78, 5) is 12.6. The van der Waals surface area contributed by atoms with Crippen molar-refractivity contribution in [3.63, 3.8) is 0 Å². The summed E-state index contributed by atoms with van der Waals surface area (Å²) in [6.07, 6.45) is 0. The average molecular weight is 457 g/mol. The van der Waals surface area contributed by atoms with Crippen LogP contribution in [-0.4, -0.2) is 57.8 Å². The first-order valence-corrected chi connectivity index (χ1v) is 9.96. The topological polar surface area (TPSA) is 102 Å². The molecular weight excluding hydrogens is 430 g/mol. The Balaban J connectivity index is 2.01. The van der Waals surface area contributed by atoms with Crippen LogP contribution in [0, 0.1) is 0 Å². The molecule has 0 radical (unpaired) electrons. The number of rotatable bonds is 11. The van der Waals surface area contributed by atoms with E-state index in [-0.39, 0.29) is 24.9 Å². The van der Waals surface area contributed by atoms with E-state index < -0.39 is 5.97 Å². The second kappa shape index (κ2) is 11.2. The monoisotopic (exact) mass is 457 g/mol. The predicted octanol–water partition coefficient (Wildman–Crippen LogP) is 3.59. The minimum atomic E-state index is -0.584. The Morgan fingerprint density at radius 3 is 2.27 bits per heavy atom. The maximum atomic E-state index is 12.6. The van der Waals surface area contributed by atoms with Crippen LogP contribution in [0.3, 0.4) is 0 Å². The van der Waals surface area contributed by atoms with Gasteiger partial charge >= 0.3 is 5.97 Å². The van der Waals surface area contributed by atoms with Crippen LogP contribution in [0.15, 0.2) is 42.5 Å². The highest BCUT2D eigenvalue weighted by Gasteiger charge is 2.22. The maximum absolute atomic E-state index is 12.6. The van der Waals surface area contributed by atoms with Crippen LogP contribution in [0.25, 0.3) is 11.3 Å².